The molecule has 1 aromatic rings. The van der Waals surface area contributed by atoms with Gasteiger partial charge in [-0.1, -0.05) is 25.6 Å². The quantitative estimate of drug-likeness (QED) is 0.340. The summed E-state index contributed by atoms with van der Waals surface area (Å²) in [7, 11) is -1.33. The Bertz CT molecular complexity index is 449. The van der Waals surface area contributed by atoms with Crippen molar-refractivity contribution in [2.24, 2.45) is 0 Å². The van der Waals surface area contributed by atoms with Crippen LogP contribution in [0.2, 0.25) is 19.6 Å². The molecule has 0 aliphatic heterocycles. The van der Waals surface area contributed by atoms with Gasteiger partial charge in [-0.05, 0) is 30.2 Å². The highest BCUT2D eigenvalue weighted by atomic mass is 32.1. The first-order valence-corrected chi connectivity index (χ1v) is 9.50. The van der Waals surface area contributed by atoms with E-state index in [0.29, 0.717) is 5.75 Å². The van der Waals surface area contributed by atoms with E-state index in [-0.39, 0.29) is 0 Å². The second-order valence-electron chi connectivity index (χ2n) is 5.01. The fourth-order valence-electron chi connectivity index (χ4n) is 1.35. The molecule has 0 aliphatic rings. The lowest BCUT2D eigenvalue weighted by Gasteiger charge is -2.08. The standard InChI is InChI=1S/C13H19NSSi/c1-10-11(5-6-16(2,3)4)7-13(14)8-12(10)9-15/h7-8,15H,9,14H2,1-4H3. The maximum atomic E-state index is 5.85. The highest BCUT2D eigenvalue weighted by Crippen LogP contribution is 2.19. The highest BCUT2D eigenvalue weighted by Gasteiger charge is 2.08. The zero-order chi connectivity index (χ0) is 12.3. The first kappa shape index (κ1) is 13.2. The van der Waals surface area contributed by atoms with E-state index >= 15 is 0 Å². The number of thiol groups is 1. The Labute approximate surface area is 105 Å². The van der Waals surface area contributed by atoms with E-state index < -0.39 is 8.07 Å². The molecule has 0 aliphatic carbocycles. The number of hydrogen-bond donors (Lipinski definition) is 2. The molecule has 0 atom stereocenters. The Morgan fingerprint density at radius 3 is 2.44 bits per heavy atom. The lowest BCUT2D eigenvalue weighted by atomic mass is 10.0. The van der Waals surface area contributed by atoms with Crippen molar-refractivity contribution in [1.82, 2.24) is 0 Å². The number of nitrogen functional groups attached to an aromatic ring is 1. The predicted molar refractivity (Wildman–Crippen MR) is 78.5 cm³/mol. The van der Waals surface area contributed by atoms with Crippen LogP contribution in [0.4, 0.5) is 5.69 Å². The summed E-state index contributed by atoms with van der Waals surface area (Å²) in [5.74, 6) is 3.97. The Kier molecular flexibility index (Phi) is 4.12. The molecule has 0 amide bonds. The monoisotopic (exact) mass is 249 g/mol. The van der Waals surface area contributed by atoms with Crippen LogP contribution in [0.25, 0.3) is 0 Å². The zero-order valence-electron chi connectivity index (χ0n) is 10.4. The molecule has 0 radical (unpaired) electrons. The largest absolute Gasteiger partial charge is 0.399 e. The maximum Gasteiger partial charge on any atom is 0.129 e. The lowest BCUT2D eigenvalue weighted by Crippen LogP contribution is -2.16. The van der Waals surface area contributed by atoms with E-state index in [1.54, 1.807) is 0 Å². The number of anilines is 1. The highest BCUT2D eigenvalue weighted by molar-refractivity contribution is 7.79. The molecule has 0 saturated heterocycles. The average Bonchev–Trinajstić information content (AvgIpc) is 2.17. The molecule has 0 aromatic heterocycles. The van der Waals surface area contributed by atoms with E-state index in [2.05, 4.69) is 50.7 Å². The second-order valence-corrected chi connectivity index (χ2v) is 10.1. The number of rotatable bonds is 1. The van der Waals surface area contributed by atoms with Gasteiger partial charge in [0.05, 0.1) is 0 Å². The molecule has 3 heteroatoms. The van der Waals surface area contributed by atoms with Gasteiger partial charge in [-0.3, -0.25) is 0 Å². The summed E-state index contributed by atoms with van der Waals surface area (Å²) in [5, 5.41) is 0. The number of nitrogens with two attached hydrogens (primary N) is 1. The maximum absolute atomic E-state index is 5.85. The molecular formula is C13H19NSSi. The van der Waals surface area contributed by atoms with E-state index in [0.717, 1.165) is 11.3 Å². The minimum Gasteiger partial charge on any atom is -0.399 e. The van der Waals surface area contributed by atoms with Crippen molar-refractivity contribution < 1.29 is 0 Å². The molecule has 1 nitrogen and oxygen atoms in total. The Morgan fingerprint density at radius 2 is 1.94 bits per heavy atom. The molecule has 0 fully saturated rings. The van der Waals surface area contributed by atoms with Gasteiger partial charge in [0.25, 0.3) is 0 Å². The molecule has 0 unspecified atom stereocenters. The summed E-state index contributed by atoms with van der Waals surface area (Å²) >= 11 is 4.30. The van der Waals surface area contributed by atoms with Crippen LogP contribution < -0.4 is 5.73 Å². The summed E-state index contributed by atoms with van der Waals surface area (Å²) in [6.45, 7) is 8.79. The molecule has 16 heavy (non-hydrogen) atoms. The van der Waals surface area contributed by atoms with Gasteiger partial charge < -0.3 is 5.73 Å². The molecule has 0 spiro atoms. The van der Waals surface area contributed by atoms with Gasteiger partial charge in [0.1, 0.15) is 8.07 Å². The van der Waals surface area contributed by atoms with Gasteiger partial charge in [0, 0.05) is 17.0 Å². The van der Waals surface area contributed by atoms with E-state index in [1.807, 2.05) is 12.1 Å². The second kappa shape index (κ2) is 4.99. The van der Waals surface area contributed by atoms with Crippen molar-refractivity contribution in [3.05, 3.63) is 28.8 Å². The fraction of sp³-hybridized carbons (Fsp3) is 0.385. The first-order valence-electron chi connectivity index (χ1n) is 5.36. The summed E-state index contributed by atoms with van der Waals surface area (Å²) < 4.78 is 0. The van der Waals surface area contributed by atoms with Gasteiger partial charge in [0.2, 0.25) is 0 Å². The molecule has 1 aromatic carbocycles. The first-order chi connectivity index (χ1) is 7.33. The third-order valence-corrected chi connectivity index (χ3v) is 3.50. The van der Waals surface area contributed by atoms with Crippen molar-refractivity contribution in [3.63, 3.8) is 0 Å². The number of benzene rings is 1. The number of hydrogen-bond acceptors (Lipinski definition) is 2. The van der Waals surface area contributed by atoms with Crippen LogP contribution in [0, 0.1) is 18.4 Å². The van der Waals surface area contributed by atoms with Crippen LogP contribution in [-0.2, 0) is 5.75 Å². The Hall–Kier alpha value is -0.853. The van der Waals surface area contributed by atoms with Gasteiger partial charge in [0.15, 0.2) is 0 Å². The molecule has 2 N–H and O–H groups in total. The van der Waals surface area contributed by atoms with Crippen molar-refractivity contribution in [3.8, 4) is 11.5 Å². The van der Waals surface area contributed by atoms with Crippen LogP contribution in [0.3, 0.4) is 0 Å². The Morgan fingerprint density at radius 1 is 1.31 bits per heavy atom. The summed E-state index contributed by atoms with van der Waals surface area (Å²) in [4.78, 5) is 0. The molecule has 0 bridgehead atoms. The fourth-order valence-corrected chi connectivity index (χ4v) is 2.19. The van der Waals surface area contributed by atoms with Crippen molar-refractivity contribution in [1.29, 1.82) is 0 Å². The van der Waals surface area contributed by atoms with Gasteiger partial charge in [-0.2, -0.15) is 12.6 Å². The van der Waals surface area contributed by atoms with Gasteiger partial charge in [-0.15, -0.1) is 5.54 Å². The summed E-state index contributed by atoms with van der Waals surface area (Å²) in [5.41, 5.74) is 13.4. The Balaban J connectivity index is 3.23. The van der Waals surface area contributed by atoms with Crippen LogP contribution in [0.5, 0.6) is 0 Å². The SMILES string of the molecule is Cc1c(C#C[Si](C)(C)C)cc(N)cc1CS. The normalized spacial score (nSPS) is 10.8. The molecule has 1 rings (SSSR count). The topological polar surface area (TPSA) is 26.0 Å². The van der Waals surface area contributed by atoms with E-state index in [4.69, 9.17) is 5.73 Å². The summed E-state index contributed by atoms with van der Waals surface area (Å²) in [6, 6.07) is 3.93. The van der Waals surface area contributed by atoms with E-state index in [1.165, 1.54) is 11.1 Å². The van der Waals surface area contributed by atoms with Gasteiger partial charge in [-0.25, -0.2) is 0 Å². The van der Waals surface area contributed by atoms with Gasteiger partial charge >= 0.3 is 0 Å². The van der Waals surface area contributed by atoms with Crippen molar-refractivity contribution in [2.45, 2.75) is 32.3 Å². The zero-order valence-corrected chi connectivity index (χ0v) is 12.3. The van der Waals surface area contributed by atoms with Crippen LogP contribution in [0.1, 0.15) is 16.7 Å². The lowest BCUT2D eigenvalue weighted by molar-refractivity contribution is 1.30. The van der Waals surface area contributed by atoms with Crippen molar-refractivity contribution in [2.75, 3.05) is 5.73 Å². The summed E-state index contributed by atoms with van der Waals surface area (Å²) in [6.07, 6.45) is 0. The molecular weight excluding hydrogens is 230 g/mol. The molecule has 0 saturated carbocycles. The minimum absolute atomic E-state index is 0.707. The smallest absolute Gasteiger partial charge is 0.129 e. The molecule has 86 valence electrons. The minimum atomic E-state index is -1.33. The van der Waals surface area contributed by atoms with Crippen LogP contribution in [-0.4, -0.2) is 8.07 Å². The average molecular weight is 249 g/mol. The van der Waals surface area contributed by atoms with Crippen LogP contribution in [0.15, 0.2) is 12.1 Å². The van der Waals surface area contributed by atoms with E-state index in [9.17, 15) is 0 Å². The van der Waals surface area contributed by atoms with Crippen molar-refractivity contribution >= 4 is 26.4 Å². The third kappa shape index (κ3) is 3.62. The third-order valence-electron chi connectivity index (χ3n) is 2.28. The van der Waals surface area contributed by atoms with Crippen LogP contribution >= 0.6 is 12.6 Å². The predicted octanol–water partition coefficient (Wildman–Crippen LogP) is 3.24. The molecule has 0 heterocycles.